The second-order valence-corrected chi connectivity index (χ2v) is 6.49. The van der Waals surface area contributed by atoms with Crippen LogP contribution >= 0.6 is 0 Å². The normalized spacial score (nSPS) is 11.3. The smallest absolute Gasteiger partial charge is 0.339 e. The molecule has 0 saturated carbocycles. The van der Waals surface area contributed by atoms with Crippen LogP contribution in [0.25, 0.3) is 0 Å². The van der Waals surface area contributed by atoms with Gasteiger partial charge in [-0.2, -0.15) is 0 Å². The van der Waals surface area contributed by atoms with Crippen molar-refractivity contribution in [3.63, 3.8) is 0 Å². The van der Waals surface area contributed by atoms with Crippen molar-refractivity contribution in [1.29, 1.82) is 0 Å². The van der Waals surface area contributed by atoms with Gasteiger partial charge in [0.1, 0.15) is 5.75 Å². The van der Waals surface area contributed by atoms with Gasteiger partial charge in [-0.05, 0) is 61.7 Å². The van der Waals surface area contributed by atoms with Crippen LogP contribution in [0.1, 0.15) is 45.2 Å². The Kier molecular flexibility index (Phi) is 7.36. The van der Waals surface area contributed by atoms with Gasteiger partial charge in [0.05, 0.1) is 31.0 Å². The highest BCUT2D eigenvalue weighted by Gasteiger charge is 2.23. The Labute approximate surface area is 170 Å². The third kappa shape index (κ3) is 5.34. The molecule has 1 atom stereocenters. The fraction of sp³-hybridized carbons (Fsp3) is 0.318. The van der Waals surface area contributed by atoms with E-state index in [1.54, 1.807) is 6.07 Å². The van der Waals surface area contributed by atoms with Gasteiger partial charge in [0.2, 0.25) is 0 Å². The minimum Gasteiger partial charge on any atom is -0.481 e. The SMILES string of the molecule is CC[C@H](Oc1ccc(C)c(C)c1)C(=O)Nc1cc(C(=O)OC)ccc1C(=O)OC. The first-order chi connectivity index (χ1) is 13.8. The summed E-state index contributed by atoms with van der Waals surface area (Å²) in [4.78, 5) is 36.7. The molecule has 0 unspecified atom stereocenters. The average Bonchev–Trinajstić information content (AvgIpc) is 2.73. The van der Waals surface area contributed by atoms with E-state index < -0.39 is 23.9 Å². The summed E-state index contributed by atoms with van der Waals surface area (Å²) in [6.07, 6.45) is -0.382. The molecule has 0 aliphatic heterocycles. The number of nitrogens with one attached hydrogen (secondary N) is 1. The highest BCUT2D eigenvalue weighted by molar-refractivity contribution is 6.04. The maximum Gasteiger partial charge on any atom is 0.339 e. The zero-order valence-corrected chi connectivity index (χ0v) is 17.2. The van der Waals surface area contributed by atoms with Crippen molar-refractivity contribution in [2.45, 2.75) is 33.3 Å². The number of anilines is 1. The van der Waals surface area contributed by atoms with Crippen molar-refractivity contribution >= 4 is 23.5 Å². The van der Waals surface area contributed by atoms with Crippen molar-refractivity contribution in [3.05, 3.63) is 58.7 Å². The largest absolute Gasteiger partial charge is 0.481 e. The molecular formula is C22H25NO6. The Balaban J connectivity index is 2.28. The van der Waals surface area contributed by atoms with Gasteiger partial charge >= 0.3 is 11.9 Å². The standard InChI is InChI=1S/C22H25NO6/c1-6-19(29-16-9-7-13(2)14(3)11-16)20(24)23-18-12-15(21(25)27-4)8-10-17(18)22(26)28-5/h7-12,19H,6H2,1-5H3,(H,23,24)/t19-/m0/s1. The summed E-state index contributed by atoms with van der Waals surface area (Å²) in [5.41, 5.74) is 2.63. The number of ether oxygens (including phenoxy) is 3. The molecule has 0 radical (unpaired) electrons. The molecule has 7 nitrogen and oxygen atoms in total. The summed E-state index contributed by atoms with van der Waals surface area (Å²) in [6.45, 7) is 5.77. The van der Waals surface area contributed by atoms with Crippen molar-refractivity contribution in [3.8, 4) is 5.75 Å². The van der Waals surface area contributed by atoms with Gasteiger partial charge in [-0.1, -0.05) is 13.0 Å². The Morgan fingerprint density at radius 2 is 1.62 bits per heavy atom. The third-order valence-corrected chi connectivity index (χ3v) is 4.52. The first kappa shape index (κ1) is 21.9. The second-order valence-electron chi connectivity index (χ2n) is 6.49. The number of esters is 2. The number of carbonyl (C=O) groups is 3. The van der Waals surface area contributed by atoms with Gasteiger partial charge in [-0.3, -0.25) is 4.79 Å². The van der Waals surface area contributed by atoms with Gasteiger partial charge in [0, 0.05) is 0 Å². The summed E-state index contributed by atoms with van der Waals surface area (Å²) < 4.78 is 15.3. The zero-order valence-electron chi connectivity index (χ0n) is 17.2. The van der Waals surface area contributed by atoms with Crippen LogP contribution in [0.2, 0.25) is 0 Å². The predicted octanol–water partition coefficient (Wildman–Crippen LogP) is 3.67. The lowest BCUT2D eigenvalue weighted by Gasteiger charge is -2.19. The van der Waals surface area contributed by atoms with Crippen LogP contribution < -0.4 is 10.1 Å². The minimum absolute atomic E-state index is 0.120. The zero-order chi connectivity index (χ0) is 21.6. The van der Waals surface area contributed by atoms with E-state index in [0.717, 1.165) is 11.1 Å². The third-order valence-electron chi connectivity index (χ3n) is 4.52. The topological polar surface area (TPSA) is 90.9 Å². The Bertz CT molecular complexity index is 922. The summed E-state index contributed by atoms with van der Waals surface area (Å²) >= 11 is 0. The molecule has 2 aromatic rings. The molecule has 0 aliphatic rings. The second kappa shape index (κ2) is 9.73. The average molecular weight is 399 g/mol. The summed E-state index contributed by atoms with van der Waals surface area (Å²) in [5, 5.41) is 2.67. The van der Waals surface area contributed by atoms with Gasteiger partial charge in [-0.15, -0.1) is 0 Å². The number of carbonyl (C=O) groups excluding carboxylic acids is 3. The Hall–Kier alpha value is -3.35. The minimum atomic E-state index is -0.788. The first-order valence-corrected chi connectivity index (χ1v) is 9.16. The molecule has 1 N–H and O–H groups in total. The van der Waals surface area contributed by atoms with Crippen LogP contribution in [-0.4, -0.2) is 38.2 Å². The van der Waals surface area contributed by atoms with Crippen LogP contribution in [0, 0.1) is 13.8 Å². The van der Waals surface area contributed by atoms with E-state index >= 15 is 0 Å². The fourth-order valence-electron chi connectivity index (χ4n) is 2.67. The Morgan fingerprint density at radius 1 is 0.931 bits per heavy atom. The molecule has 0 saturated heterocycles. The quantitative estimate of drug-likeness (QED) is 0.715. The molecule has 0 aromatic heterocycles. The van der Waals surface area contributed by atoms with E-state index in [9.17, 15) is 14.4 Å². The molecule has 29 heavy (non-hydrogen) atoms. The monoisotopic (exact) mass is 399 g/mol. The van der Waals surface area contributed by atoms with Gasteiger partial charge < -0.3 is 19.5 Å². The number of benzene rings is 2. The molecule has 0 heterocycles. The van der Waals surface area contributed by atoms with Crippen LogP contribution in [-0.2, 0) is 14.3 Å². The van der Waals surface area contributed by atoms with E-state index in [4.69, 9.17) is 14.2 Å². The molecule has 0 bridgehead atoms. The molecule has 2 rings (SSSR count). The predicted molar refractivity (Wildman–Crippen MR) is 108 cm³/mol. The molecule has 0 spiro atoms. The number of amides is 1. The maximum atomic E-state index is 12.8. The van der Waals surface area contributed by atoms with E-state index in [1.165, 1.54) is 32.4 Å². The summed E-state index contributed by atoms with van der Waals surface area (Å²) in [6, 6.07) is 9.79. The van der Waals surface area contributed by atoms with Crippen molar-refractivity contribution in [2.24, 2.45) is 0 Å². The number of methoxy groups -OCH3 is 2. The first-order valence-electron chi connectivity index (χ1n) is 9.16. The number of rotatable bonds is 7. The summed E-state index contributed by atoms with van der Waals surface area (Å²) in [5.74, 6) is -1.10. The molecule has 1 amide bonds. The highest BCUT2D eigenvalue weighted by Crippen LogP contribution is 2.22. The van der Waals surface area contributed by atoms with Crippen LogP contribution in [0.5, 0.6) is 5.75 Å². The maximum absolute atomic E-state index is 12.8. The molecule has 0 aliphatic carbocycles. The van der Waals surface area contributed by atoms with E-state index in [1.807, 2.05) is 32.9 Å². The van der Waals surface area contributed by atoms with Crippen LogP contribution in [0.15, 0.2) is 36.4 Å². The molecule has 2 aromatic carbocycles. The van der Waals surface area contributed by atoms with Crippen molar-refractivity contribution < 1.29 is 28.6 Å². The van der Waals surface area contributed by atoms with Gasteiger partial charge in [0.15, 0.2) is 6.10 Å². The molecule has 154 valence electrons. The van der Waals surface area contributed by atoms with E-state index in [2.05, 4.69) is 5.32 Å². The van der Waals surface area contributed by atoms with Gasteiger partial charge in [-0.25, -0.2) is 9.59 Å². The van der Waals surface area contributed by atoms with Gasteiger partial charge in [0.25, 0.3) is 5.91 Å². The van der Waals surface area contributed by atoms with Crippen LogP contribution in [0.3, 0.4) is 0 Å². The lowest BCUT2D eigenvalue weighted by molar-refractivity contribution is -0.122. The molecule has 7 heteroatoms. The van der Waals surface area contributed by atoms with E-state index in [-0.39, 0.29) is 16.8 Å². The van der Waals surface area contributed by atoms with Crippen molar-refractivity contribution in [1.82, 2.24) is 0 Å². The molecular weight excluding hydrogens is 374 g/mol. The summed E-state index contributed by atoms with van der Waals surface area (Å²) in [7, 11) is 2.49. The van der Waals surface area contributed by atoms with Crippen molar-refractivity contribution in [2.75, 3.05) is 19.5 Å². The lowest BCUT2D eigenvalue weighted by atomic mass is 10.1. The Morgan fingerprint density at radius 3 is 2.21 bits per heavy atom. The van der Waals surface area contributed by atoms with Crippen LogP contribution in [0.4, 0.5) is 5.69 Å². The van der Waals surface area contributed by atoms with E-state index in [0.29, 0.717) is 12.2 Å². The number of hydrogen-bond acceptors (Lipinski definition) is 6. The number of hydrogen-bond donors (Lipinski definition) is 1. The lowest BCUT2D eigenvalue weighted by Crippen LogP contribution is -2.33. The fourth-order valence-corrected chi connectivity index (χ4v) is 2.67. The molecule has 0 fully saturated rings. The highest BCUT2D eigenvalue weighted by atomic mass is 16.5. The number of aryl methyl sites for hydroxylation is 2.